The Morgan fingerprint density at radius 3 is 2.28 bits per heavy atom. The summed E-state index contributed by atoms with van der Waals surface area (Å²) >= 11 is 4.22. The van der Waals surface area contributed by atoms with Gasteiger partial charge in [-0.2, -0.15) is 0 Å². The van der Waals surface area contributed by atoms with Crippen molar-refractivity contribution in [3.63, 3.8) is 0 Å². The second-order valence-electron chi connectivity index (χ2n) is 13.2. The Balaban J connectivity index is 2.57. The van der Waals surface area contributed by atoms with E-state index in [1.165, 1.54) is 24.8 Å². The Hall–Kier alpha value is -0.190. The van der Waals surface area contributed by atoms with E-state index in [4.69, 9.17) is 23.7 Å². The molecule has 0 spiro atoms. The Bertz CT molecular complexity index is 871. The molecule has 0 aromatic heterocycles. The van der Waals surface area contributed by atoms with Crippen LogP contribution in [0.1, 0.15) is 74.7 Å². The molecule has 11 nitrogen and oxygen atoms in total. The maximum absolute atomic E-state index is 13.8. The highest BCUT2D eigenvalue weighted by Gasteiger charge is 2.49. The SMILES string of the molecule is CCC1OC(=O)[C@H](C)[C@@H](OC2CC(C)(OC)C(O)C(C)O2)[C@H](C)[C@@H](OCSS)[C@H](O)C[C@@H](C)CN(C)[C@H](C)[C@@H](O)[C@]1(C)O. The average Bonchev–Trinajstić information content (AvgIpc) is 2.95. The van der Waals surface area contributed by atoms with Gasteiger partial charge in [0, 0.05) is 32.0 Å². The van der Waals surface area contributed by atoms with Crippen LogP contribution in [0.3, 0.4) is 0 Å². The van der Waals surface area contributed by atoms with Crippen molar-refractivity contribution in [2.45, 2.75) is 141 Å². The molecular formula is C30H57NO10S2. The topological polar surface area (TPSA) is 147 Å². The van der Waals surface area contributed by atoms with Gasteiger partial charge in [0.05, 0.1) is 35.9 Å². The molecule has 13 heteroatoms. The number of cyclic esters (lactones) is 1. The molecule has 14 atom stereocenters. The van der Waals surface area contributed by atoms with Crippen molar-refractivity contribution < 1.29 is 48.9 Å². The highest BCUT2D eigenvalue weighted by atomic mass is 33.1. The predicted octanol–water partition coefficient (Wildman–Crippen LogP) is 2.62. The number of methoxy groups -OCH3 is 1. The summed E-state index contributed by atoms with van der Waals surface area (Å²) in [7, 11) is 4.55. The van der Waals surface area contributed by atoms with E-state index in [-0.39, 0.29) is 24.7 Å². The van der Waals surface area contributed by atoms with E-state index in [2.05, 4.69) is 11.7 Å². The van der Waals surface area contributed by atoms with Gasteiger partial charge in [0.25, 0.3) is 0 Å². The van der Waals surface area contributed by atoms with Gasteiger partial charge in [-0.25, -0.2) is 0 Å². The summed E-state index contributed by atoms with van der Waals surface area (Å²) in [5.41, 5.74) is -2.69. The van der Waals surface area contributed by atoms with Gasteiger partial charge in [0.2, 0.25) is 0 Å². The molecule has 254 valence electrons. The molecule has 2 aliphatic rings. The summed E-state index contributed by atoms with van der Waals surface area (Å²) in [4.78, 5) is 15.7. The number of esters is 1. The zero-order valence-electron chi connectivity index (χ0n) is 27.5. The van der Waals surface area contributed by atoms with Crippen molar-refractivity contribution in [3.05, 3.63) is 0 Å². The second kappa shape index (κ2) is 16.6. The molecule has 2 heterocycles. The maximum atomic E-state index is 13.8. The van der Waals surface area contributed by atoms with Crippen LogP contribution in [0.5, 0.6) is 0 Å². The van der Waals surface area contributed by atoms with E-state index < -0.39 is 84.1 Å². The number of aliphatic hydroxyl groups is 4. The maximum Gasteiger partial charge on any atom is 0.311 e. The molecule has 2 saturated heterocycles. The number of rotatable bonds is 7. The Labute approximate surface area is 267 Å². The fourth-order valence-corrected chi connectivity index (χ4v) is 6.97. The molecule has 0 bridgehead atoms. The van der Waals surface area contributed by atoms with Crippen molar-refractivity contribution in [2.24, 2.45) is 17.8 Å². The van der Waals surface area contributed by atoms with E-state index in [0.29, 0.717) is 13.0 Å². The first-order valence-corrected chi connectivity index (χ1v) is 17.4. The largest absolute Gasteiger partial charge is 0.459 e. The molecule has 4 N–H and O–H groups in total. The van der Waals surface area contributed by atoms with Crippen LogP contribution in [-0.2, 0) is 28.5 Å². The van der Waals surface area contributed by atoms with Gasteiger partial charge in [0.1, 0.15) is 29.9 Å². The van der Waals surface area contributed by atoms with Crippen LogP contribution in [0.4, 0.5) is 0 Å². The van der Waals surface area contributed by atoms with E-state index >= 15 is 0 Å². The van der Waals surface area contributed by atoms with Gasteiger partial charge in [-0.1, -0.05) is 31.6 Å². The summed E-state index contributed by atoms with van der Waals surface area (Å²) in [5.74, 6) is -1.85. The fraction of sp³-hybridized carbons (Fsp3) is 0.967. The number of nitrogens with zero attached hydrogens (tertiary/aromatic N) is 1. The summed E-state index contributed by atoms with van der Waals surface area (Å²) in [6.45, 7) is 14.7. The van der Waals surface area contributed by atoms with Crippen LogP contribution >= 0.6 is 22.5 Å². The molecular weight excluding hydrogens is 598 g/mol. The minimum absolute atomic E-state index is 0.00486. The van der Waals surface area contributed by atoms with E-state index in [1.807, 2.05) is 32.7 Å². The van der Waals surface area contributed by atoms with Gasteiger partial charge in [-0.3, -0.25) is 4.79 Å². The Morgan fingerprint density at radius 2 is 1.72 bits per heavy atom. The van der Waals surface area contributed by atoms with Crippen LogP contribution in [-0.4, -0.2) is 124 Å². The first-order valence-electron chi connectivity index (χ1n) is 15.4. The van der Waals surface area contributed by atoms with Crippen LogP contribution < -0.4 is 0 Å². The first kappa shape index (κ1) is 39.0. The number of thiol groups is 1. The summed E-state index contributed by atoms with van der Waals surface area (Å²) in [6, 6.07) is -0.469. The van der Waals surface area contributed by atoms with Gasteiger partial charge in [-0.05, 0) is 60.4 Å². The molecule has 5 unspecified atom stereocenters. The fourth-order valence-electron chi connectivity index (χ4n) is 6.57. The van der Waals surface area contributed by atoms with Crippen molar-refractivity contribution >= 4 is 28.4 Å². The number of carbonyl (C=O) groups is 1. The molecule has 43 heavy (non-hydrogen) atoms. The van der Waals surface area contributed by atoms with Crippen molar-refractivity contribution in [3.8, 4) is 0 Å². The van der Waals surface area contributed by atoms with Gasteiger partial charge in [-0.15, -0.1) is 11.7 Å². The molecule has 0 amide bonds. The van der Waals surface area contributed by atoms with E-state index in [0.717, 1.165) is 0 Å². The summed E-state index contributed by atoms with van der Waals surface area (Å²) in [5, 5.41) is 45.0. The third kappa shape index (κ3) is 9.43. The number of likely N-dealkylation sites (N-methyl/N-ethyl adjacent to an activating group) is 1. The molecule has 2 aliphatic heterocycles. The number of aliphatic hydroxyl groups excluding tert-OH is 3. The van der Waals surface area contributed by atoms with Crippen LogP contribution in [0, 0.1) is 17.8 Å². The number of hydrogen-bond acceptors (Lipinski definition) is 13. The van der Waals surface area contributed by atoms with Crippen molar-refractivity contribution in [1.29, 1.82) is 0 Å². The Kier molecular flexibility index (Phi) is 15.0. The predicted molar refractivity (Wildman–Crippen MR) is 169 cm³/mol. The van der Waals surface area contributed by atoms with Crippen LogP contribution in [0.25, 0.3) is 0 Å². The smallest absolute Gasteiger partial charge is 0.311 e. The monoisotopic (exact) mass is 655 g/mol. The highest BCUT2D eigenvalue weighted by molar-refractivity contribution is 8.68. The van der Waals surface area contributed by atoms with Gasteiger partial charge < -0.3 is 49.0 Å². The van der Waals surface area contributed by atoms with E-state index in [9.17, 15) is 25.2 Å². The normalized spacial score (nSPS) is 46.5. The third-order valence-electron chi connectivity index (χ3n) is 9.65. The lowest BCUT2D eigenvalue weighted by Crippen LogP contribution is -2.59. The van der Waals surface area contributed by atoms with Crippen molar-refractivity contribution in [1.82, 2.24) is 4.90 Å². The zero-order chi connectivity index (χ0) is 32.9. The summed E-state index contributed by atoms with van der Waals surface area (Å²) in [6.07, 6.45) is -6.23. The number of ether oxygens (including phenoxy) is 5. The lowest BCUT2D eigenvalue weighted by atomic mass is 9.84. The second-order valence-corrected chi connectivity index (χ2v) is 14.4. The minimum Gasteiger partial charge on any atom is -0.459 e. The standard InChI is InChI=1S/C30H57NO10S2/c1-11-22-30(8,36)26(33)19(5)31(9)14-16(2)12-21(32)25(38-15-43-42)17(3)24(18(4)28(35)40-22)41-23-13-29(7,37-10)27(34)20(6)39-23/h16-27,32-34,36,42H,11-15H2,1-10H3/t16-,17+,18-,19-,20?,21-,22?,23?,24+,25-,26-,27?,29?,30-/m1/s1. The Morgan fingerprint density at radius 1 is 1.09 bits per heavy atom. The van der Waals surface area contributed by atoms with Crippen molar-refractivity contribution in [2.75, 3.05) is 26.6 Å². The van der Waals surface area contributed by atoms with Crippen LogP contribution in [0.15, 0.2) is 0 Å². The summed E-state index contributed by atoms with van der Waals surface area (Å²) < 4.78 is 30.3. The molecule has 2 fully saturated rings. The average molecular weight is 656 g/mol. The van der Waals surface area contributed by atoms with E-state index in [1.54, 1.807) is 27.7 Å². The zero-order valence-corrected chi connectivity index (χ0v) is 29.2. The molecule has 0 aliphatic carbocycles. The van der Waals surface area contributed by atoms with Gasteiger partial charge in [0.15, 0.2) is 6.29 Å². The van der Waals surface area contributed by atoms with Crippen LogP contribution in [0.2, 0.25) is 0 Å². The molecule has 0 aromatic rings. The first-order chi connectivity index (χ1) is 19.9. The molecule has 0 aromatic carbocycles. The number of hydrogen-bond donors (Lipinski definition) is 5. The number of carbonyl (C=O) groups excluding carboxylic acids is 1. The molecule has 0 radical (unpaired) electrons. The van der Waals surface area contributed by atoms with Gasteiger partial charge >= 0.3 is 5.97 Å². The third-order valence-corrected chi connectivity index (χ3v) is 10.2. The lowest BCUT2D eigenvalue weighted by Gasteiger charge is -2.46. The molecule has 0 saturated carbocycles. The highest BCUT2D eigenvalue weighted by Crippen LogP contribution is 2.37. The molecule has 2 rings (SSSR count). The minimum atomic E-state index is -1.74. The lowest BCUT2D eigenvalue weighted by molar-refractivity contribution is -0.299. The quantitative estimate of drug-likeness (QED) is 0.119.